The number of hydrogen-bond acceptors (Lipinski definition) is 3. The second-order valence-electron chi connectivity index (χ2n) is 4.34. The van der Waals surface area contributed by atoms with Crippen LogP contribution in [0.5, 0.6) is 0 Å². The Bertz CT molecular complexity index is 470. The monoisotopic (exact) mass is 400 g/mol. The van der Waals surface area contributed by atoms with Gasteiger partial charge in [-0.05, 0) is 54.0 Å². The first-order valence-corrected chi connectivity index (χ1v) is 7.20. The number of benzene rings is 1. The van der Waals surface area contributed by atoms with E-state index in [0.717, 1.165) is 9.13 Å². The molecule has 1 rings (SSSR count). The Balaban J connectivity index is 0. The summed E-state index contributed by atoms with van der Waals surface area (Å²) in [5.41, 5.74) is 0.844. The van der Waals surface area contributed by atoms with Gasteiger partial charge < -0.3 is 11.3 Å². The summed E-state index contributed by atoms with van der Waals surface area (Å²) in [6.45, 7) is 3.64. The summed E-state index contributed by atoms with van der Waals surface area (Å²) in [5, 5.41) is 9.18. The first-order valence-electron chi connectivity index (χ1n) is 6.12. The number of carbonyl (C=O) groups is 2. The Hall–Kier alpha value is -0.110. The summed E-state index contributed by atoms with van der Waals surface area (Å²) in [6.07, 6.45) is 0.564. The van der Waals surface area contributed by atoms with E-state index >= 15 is 0 Å². The molecule has 20 heavy (non-hydrogen) atoms. The summed E-state index contributed by atoms with van der Waals surface area (Å²) in [4.78, 5) is 23.1. The molecule has 0 aliphatic heterocycles. The zero-order chi connectivity index (χ0) is 14.4. The normalized spacial score (nSPS) is 12.9. The summed E-state index contributed by atoms with van der Waals surface area (Å²) in [5.74, 6) is -2.96. The van der Waals surface area contributed by atoms with E-state index in [2.05, 4.69) is 22.6 Å². The van der Waals surface area contributed by atoms with E-state index in [4.69, 9.17) is 4.74 Å². The topological polar surface area (TPSA) is 63.6 Å². The summed E-state index contributed by atoms with van der Waals surface area (Å²) >= 11 is 2.13. The minimum absolute atomic E-state index is 0. The molecule has 0 radical (unpaired) electrons. The molecule has 0 bridgehead atoms. The number of carboxylic acid groups (broad SMARTS) is 1. The van der Waals surface area contributed by atoms with Gasteiger partial charge in [-0.1, -0.05) is 25.1 Å². The van der Waals surface area contributed by atoms with Gasteiger partial charge in [0, 0.05) is 3.57 Å². The second-order valence-corrected chi connectivity index (χ2v) is 5.50. The fourth-order valence-corrected chi connectivity index (χ4v) is 2.13. The molecule has 1 aromatic carbocycles. The third-order valence-electron chi connectivity index (χ3n) is 2.86. The zero-order valence-electron chi connectivity index (χ0n) is 12.9. The van der Waals surface area contributed by atoms with Gasteiger partial charge in [0.1, 0.15) is 0 Å². The van der Waals surface area contributed by atoms with Crippen LogP contribution in [0.1, 0.15) is 27.3 Å². The third kappa shape index (κ3) is 6.11. The summed E-state index contributed by atoms with van der Waals surface area (Å²) in [7, 11) is 0. The SMILES string of the molecule is CCC(C)OC(=O)C(Cc1ccccc1I)C(=O)O.[H-].[Na+]. The summed E-state index contributed by atoms with van der Waals surface area (Å²) in [6, 6.07) is 7.41. The van der Waals surface area contributed by atoms with Crippen molar-refractivity contribution in [2.75, 3.05) is 0 Å². The molecule has 2 unspecified atom stereocenters. The van der Waals surface area contributed by atoms with Gasteiger partial charge in [0.15, 0.2) is 5.92 Å². The van der Waals surface area contributed by atoms with Crippen LogP contribution in [-0.2, 0) is 20.7 Å². The van der Waals surface area contributed by atoms with Crippen molar-refractivity contribution in [2.24, 2.45) is 5.92 Å². The smallest absolute Gasteiger partial charge is 1.00 e. The van der Waals surface area contributed by atoms with Gasteiger partial charge in [-0.2, -0.15) is 0 Å². The van der Waals surface area contributed by atoms with Gasteiger partial charge in [0.25, 0.3) is 0 Å². The number of esters is 1. The molecule has 0 heterocycles. The van der Waals surface area contributed by atoms with Gasteiger partial charge in [0.2, 0.25) is 0 Å². The average Bonchev–Trinajstić information content (AvgIpc) is 2.36. The van der Waals surface area contributed by atoms with E-state index in [1.54, 1.807) is 6.92 Å². The number of carboxylic acids is 1. The maximum absolute atomic E-state index is 11.9. The maximum Gasteiger partial charge on any atom is 1.00 e. The Morgan fingerprint density at radius 2 is 2.00 bits per heavy atom. The fourth-order valence-electron chi connectivity index (χ4n) is 1.52. The first kappa shape index (κ1) is 19.9. The Morgan fingerprint density at radius 3 is 2.50 bits per heavy atom. The molecular weight excluding hydrogens is 382 g/mol. The van der Waals surface area contributed by atoms with E-state index in [-0.39, 0.29) is 43.5 Å². The van der Waals surface area contributed by atoms with Crippen LogP contribution < -0.4 is 29.6 Å². The minimum Gasteiger partial charge on any atom is -1.00 e. The Kier molecular flexibility index (Phi) is 9.71. The predicted molar refractivity (Wildman–Crippen MR) is 80.9 cm³/mol. The van der Waals surface area contributed by atoms with Crippen LogP contribution in [0.3, 0.4) is 0 Å². The van der Waals surface area contributed by atoms with E-state index in [9.17, 15) is 14.7 Å². The quantitative estimate of drug-likeness (QED) is 0.316. The minimum atomic E-state index is -1.15. The molecular formula is C14H18INaO4. The molecule has 2 atom stereocenters. The maximum atomic E-state index is 11.9. The number of halogens is 1. The van der Waals surface area contributed by atoms with Gasteiger partial charge in [-0.15, -0.1) is 0 Å². The van der Waals surface area contributed by atoms with Crippen molar-refractivity contribution in [3.63, 3.8) is 0 Å². The molecule has 0 saturated carbocycles. The van der Waals surface area contributed by atoms with Crippen molar-refractivity contribution >= 4 is 34.5 Å². The Labute approximate surface area is 156 Å². The van der Waals surface area contributed by atoms with E-state index in [1.165, 1.54) is 0 Å². The third-order valence-corrected chi connectivity index (χ3v) is 3.91. The van der Waals surface area contributed by atoms with Crippen LogP contribution in [-0.4, -0.2) is 23.1 Å². The molecule has 1 N–H and O–H groups in total. The number of carbonyl (C=O) groups excluding carboxylic acids is 1. The molecule has 0 spiro atoms. The molecule has 0 amide bonds. The van der Waals surface area contributed by atoms with Crippen molar-refractivity contribution < 1.29 is 50.4 Å². The van der Waals surface area contributed by atoms with Crippen LogP contribution in [0.4, 0.5) is 0 Å². The van der Waals surface area contributed by atoms with Gasteiger partial charge in [-0.25, -0.2) is 0 Å². The van der Waals surface area contributed by atoms with Crippen molar-refractivity contribution in [1.29, 1.82) is 0 Å². The van der Waals surface area contributed by atoms with Crippen LogP contribution in [0.2, 0.25) is 0 Å². The van der Waals surface area contributed by atoms with Crippen molar-refractivity contribution in [3.05, 3.63) is 33.4 Å². The molecule has 4 nitrogen and oxygen atoms in total. The first-order chi connectivity index (χ1) is 8.95. The zero-order valence-corrected chi connectivity index (χ0v) is 16.1. The molecule has 1 aromatic rings. The predicted octanol–water partition coefficient (Wildman–Crippen LogP) is -0.00730. The van der Waals surface area contributed by atoms with E-state index < -0.39 is 17.9 Å². The fraction of sp³-hybridized carbons (Fsp3) is 0.429. The molecule has 6 heteroatoms. The number of hydrogen-bond donors (Lipinski definition) is 1. The molecule has 0 aliphatic carbocycles. The molecule has 0 fully saturated rings. The number of rotatable bonds is 6. The van der Waals surface area contributed by atoms with Crippen LogP contribution in [0.15, 0.2) is 24.3 Å². The van der Waals surface area contributed by atoms with Crippen LogP contribution in [0, 0.1) is 9.49 Å². The second kappa shape index (κ2) is 9.76. The van der Waals surface area contributed by atoms with Crippen molar-refractivity contribution in [1.82, 2.24) is 0 Å². The average molecular weight is 400 g/mol. The van der Waals surface area contributed by atoms with E-state index in [0.29, 0.717) is 6.42 Å². The van der Waals surface area contributed by atoms with Gasteiger partial charge in [0.05, 0.1) is 6.10 Å². The number of ether oxygens (including phenoxy) is 1. The number of aliphatic carboxylic acids is 1. The van der Waals surface area contributed by atoms with Crippen molar-refractivity contribution in [3.8, 4) is 0 Å². The Morgan fingerprint density at radius 1 is 1.40 bits per heavy atom. The molecule has 0 saturated heterocycles. The standard InChI is InChI=1S/C14H17IO4.Na.H/c1-3-9(2)19-14(18)11(13(16)17)8-10-6-4-5-7-12(10)15;;/h4-7,9,11H,3,8H2,1-2H3,(H,16,17);;/q;+1;-1. The summed E-state index contributed by atoms with van der Waals surface area (Å²) < 4.78 is 6.06. The van der Waals surface area contributed by atoms with Crippen LogP contribution in [0.25, 0.3) is 0 Å². The van der Waals surface area contributed by atoms with Crippen molar-refractivity contribution in [2.45, 2.75) is 32.8 Å². The molecule has 106 valence electrons. The van der Waals surface area contributed by atoms with Crippen LogP contribution >= 0.6 is 22.6 Å². The van der Waals surface area contributed by atoms with Gasteiger partial charge in [-0.3, -0.25) is 9.59 Å². The molecule has 0 aromatic heterocycles. The largest absolute Gasteiger partial charge is 1.00 e. The van der Waals surface area contributed by atoms with E-state index in [1.807, 2.05) is 31.2 Å². The van der Waals surface area contributed by atoms with Gasteiger partial charge >= 0.3 is 41.5 Å². The molecule has 0 aliphatic rings.